The molecule has 1 rings (SSSR count). The van der Waals surface area contributed by atoms with Gasteiger partial charge in [0.1, 0.15) is 0 Å². The maximum Gasteiger partial charge on any atom is 0.234 e. The smallest absolute Gasteiger partial charge is 0.211 e. The van der Waals surface area contributed by atoms with Gasteiger partial charge in [-0.2, -0.15) is 0 Å². The van der Waals surface area contributed by atoms with E-state index in [9.17, 15) is 4.79 Å². The van der Waals surface area contributed by atoms with Gasteiger partial charge in [0.25, 0.3) is 0 Å². The van der Waals surface area contributed by atoms with Crippen LogP contribution in [0, 0.1) is 29.1 Å². The van der Waals surface area contributed by atoms with E-state index < -0.39 is 0 Å². The van der Waals surface area contributed by atoms with Crippen LogP contribution >= 0.6 is 0 Å². The minimum atomic E-state index is 0.393. The lowest BCUT2D eigenvalue weighted by atomic mass is 9.60. The third-order valence-electron chi connectivity index (χ3n) is 5.56. The van der Waals surface area contributed by atoms with E-state index in [2.05, 4.69) is 39.6 Å². The molecule has 0 N–H and O–H groups in total. The lowest BCUT2D eigenvalue weighted by molar-refractivity contribution is 0.0515. The average molecular weight is 293 g/mol. The molecule has 122 valence electrons. The molecule has 4 atom stereocenters. The van der Waals surface area contributed by atoms with Crippen molar-refractivity contribution in [2.24, 2.45) is 34.1 Å². The zero-order valence-electron chi connectivity index (χ0n) is 14.8. The second-order valence-electron chi connectivity index (χ2n) is 8.06. The summed E-state index contributed by atoms with van der Waals surface area (Å²) in [5.41, 5.74) is 0.393. The van der Waals surface area contributed by atoms with Crippen molar-refractivity contribution in [2.45, 2.75) is 79.6 Å². The predicted octanol–water partition coefficient (Wildman–Crippen LogP) is 5.62. The van der Waals surface area contributed by atoms with Crippen LogP contribution in [0.1, 0.15) is 79.6 Å². The number of unbranched alkanes of at least 4 members (excludes halogenated alkanes) is 1. The summed E-state index contributed by atoms with van der Waals surface area (Å²) < 4.78 is 0. The molecule has 0 amide bonds. The monoisotopic (exact) mass is 293 g/mol. The molecule has 4 unspecified atom stereocenters. The number of hydrogen-bond acceptors (Lipinski definition) is 2. The first-order chi connectivity index (χ1) is 9.93. The molecule has 1 aliphatic rings. The highest BCUT2D eigenvalue weighted by molar-refractivity contribution is 5.32. The van der Waals surface area contributed by atoms with Crippen molar-refractivity contribution in [3.8, 4) is 0 Å². The molecule has 0 aromatic heterocycles. The Labute approximate surface area is 131 Å². The quantitative estimate of drug-likeness (QED) is 0.422. The molecule has 2 heteroatoms. The normalized spacial score (nSPS) is 29.7. The van der Waals surface area contributed by atoms with Crippen molar-refractivity contribution in [2.75, 3.05) is 6.54 Å². The third-order valence-corrected chi connectivity index (χ3v) is 5.56. The molecule has 0 heterocycles. The average Bonchev–Trinajstić information content (AvgIpc) is 2.42. The minimum Gasteiger partial charge on any atom is -0.211 e. The van der Waals surface area contributed by atoms with Gasteiger partial charge in [-0.15, -0.1) is 0 Å². The first-order valence-electron chi connectivity index (χ1n) is 8.97. The molecular weight excluding hydrogens is 258 g/mol. The van der Waals surface area contributed by atoms with Crippen LogP contribution in [0.5, 0.6) is 0 Å². The van der Waals surface area contributed by atoms with Gasteiger partial charge in [-0.05, 0) is 48.3 Å². The summed E-state index contributed by atoms with van der Waals surface area (Å²) in [6.07, 6.45) is 10.9. The molecule has 0 aromatic carbocycles. The number of hydrogen-bond donors (Lipinski definition) is 0. The highest BCUT2D eigenvalue weighted by Crippen LogP contribution is 2.48. The first kappa shape index (κ1) is 18.4. The topological polar surface area (TPSA) is 29.4 Å². The zero-order chi connectivity index (χ0) is 15.9. The van der Waals surface area contributed by atoms with Gasteiger partial charge in [0, 0.05) is 0 Å². The molecule has 0 saturated heterocycles. The number of carbonyl (C=O) groups excluding carboxylic acids is 1. The Morgan fingerprint density at radius 1 is 1.29 bits per heavy atom. The van der Waals surface area contributed by atoms with Crippen molar-refractivity contribution < 1.29 is 4.79 Å². The first-order valence-corrected chi connectivity index (χ1v) is 8.97. The number of aliphatic imine (C=N–C) groups is 1. The fourth-order valence-corrected chi connectivity index (χ4v) is 4.58. The van der Waals surface area contributed by atoms with E-state index in [1.54, 1.807) is 6.08 Å². The molecule has 0 aliphatic heterocycles. The van der Waals surface area contributed by atoms with E-state index in [0.717, 1.165) is 17.8 Å². The van der Waals surface area contributed by atoms with Crippen molar-refractivity contribution in [3.63, 3.8) is 0 Å². The van der Waals surface area contributed by atoms with Crippen LogP contribution in [-0.4, -0.2) is 12.6 Å². The van der Waals surface area contributed by atoms with Crippen molar-refractivity contribution in [3.05, 3.63) is 0 Å². The minimum absolute atomic E-state index is 0.393. The highest BCUT2D eigenvalue weighted by atomic mass is 16.1. The Kier molecular flexibility index (Phi) is 7.66. The van der Waals surface area contributed by atoms with Gasteiger partial charge in [0.05, 0.1) is 6.54 Å². The van der Waals surface area contributed by atoms with Crippen molar-refractivity contribution >= 4 is 6.08 Å². The molecule has 1 fully saturated rings. The molecular formula is C19H35NO. The lowest BCUT2D eigenvalue weighted by Gasteiger charge is -2.45. The van der Waals surface area contributed by atoms with E-state index >= 15 is 0 Å². The molecule has 0 radical (unpaired) electrons. The maximum atomic E-state index is 10.5. The van der Waals surface area contributed by atoms with Crippen molar-refractivity contribution in [1.82, 2.24) is 0 Å². The van der Waals surface area contributed by atoms with E-state index in [1.165, 1.54) is 44.9 Å². The zero-order valence-corrected chi connectivity index (χ0v) is 14.8. The molecule has 1 aliphatic carbocycles. The second kappa shape index (κ2) is 8.73. The van der Waals surface area contributed by atoms with Gasteiger partial charge >= 0.3 is 0 Å². The second-order valence-corrected chi connectivity index (χ2v) is 8.06. The fourth-order valence-electron chi connectivity index (χ4n) is 4.58. The van der Waals surface area contributed by atoms with Gasteiger partial charge in [0.2, 0.25) is 6.08 Å². The van der Waals surface area contributed by atoms with Gasteiger partial charge in [-0.1, -0.05) is 60.3 Å². The van der Waals surface area contributed by atoms with E-state index in [1.807, 2.05) is 0 Å². The third kappa shape index (κ3) is 5.94. The van der Waals surface area contributed by atoms with Crippen molar-refractivity contribution in [1.29, 1.82) is 0 Å². The summed E-state index contributed by atoms with van der Waals surface area (Å²) >= 11 is 0. The standard InChI is InChI=1S/C19H35NO/c1-6-8-9-16(7-2)10-18-15(3)11-19(4,5)12-17(18)13-20-14-21/h15-18H,6-13H2,1-5H3. The van der Waals surface area contributed by atoms with E-state index in [0.29, 0.717) is 17.9 Å². The SMILES string of the molecule is CCCCC(CC)CC1C(C)CC(C)(C)CC1CN=C=O. The number of rotatable bonds is 8. The Balaban J connectivity index is 2.75. The Morgan fingerprint density at radius 3 is 2.57 bits per heavy atom. The fraction of sp³-hybridized carbons (Fsp3) is 0.947. The van der Waals surface area contributed by atoms with Gasteiger partial charge < -0.3 is 0 Å². The summed E-state index contributed by atoms with van der Waals surface area (Å²) in [4.78, 5) is 14.5. The molecule has 21 heavy (non-hydrogen) atoms. The molecule has 0 aromatic rings. The van der Waals surface area contributed by atoms with Crippen LogP contribution in [0.2, 0.25) is 0 Å². The lowest BCUT2D eigenvalue weighted by Crippen LogP contribution is -2.38. The molecule has 0 spiro atoms. The molecule has 0 bridgehead atoms. The summed E-state index contributed by atoms with van der Waals surface area (Å²) in [6.45, 7) is 12.4. The van der Waals surface area contributed by atoms with E-state index in [4.69, 9.17) is 0 Å². The number of isocyanates is 1. The van der Waals surface area contributed by atoms with Crippen LogP contribution < -0.4 is 0 Å². The predicted molar refractivity (Wildman–Crippen MR) is 90.1 cm³/mol. The van der Waals surface area contributed by atoms with Gasteiger partial charge in [0.15, 0.2) is 0 Å². The van der Waals surface area contributed by atoms with Crippen LogP contribution in [0.15, 0.2) is 4.99 Å². The van der Waals surface area contributed by atoms with Crippen LogP contribution in [0.3, 0.4) is 0 Å². The van der Waals surface area contributed by atoms with E-state index in [-0.39, 0.29) is 0 Å². The Bertz CT molecular complexity index is 343. The highest BCUT2D eigenvalue weighted by Gasteiger charge is 2.39. The molecule has 2 nitrogen and oxygen atoms in total. The maximum absolute atomic E-state index is 10.5. The van der Waals surface area contributed by atoms with Crippen LogP contribution in [0.25, 0.3) is 0 Å². The van der Waals surface area contributed by atoms with Gasteiger partial charge in [-0.3, -0.25) is 0 Å². The Hall–Kier alpha value is -0.620. The molecule has 1 saturated carbocycles. The van der Waals surface area contributed by atoms with Gasteiger partial charge in [-0.25, -0.2) is 9.79 Å². The number of nitrogens with zero attached hydrogens (tertiary/aromatic N) is 1. The summed E-state index contributed by atoms with van der Waals surface area (Å²) in [5.74, 6) is 2.90. The Morgan fingerprint density at radius 2 is 2.00 bits per heavy atom. The van der Waals surface area contributed by atoms with Crippen LogP contribution in [-0.2, 0) is 4.79 Å². The summed E-state index contributed by atoms with van der Waals surface area (Å²) in [5, 5.41) is 0. The summed E-state index contributed by atoms with van der Waals surface area (Å²) in [6, 6.07) is 0. The summed E-state index contributed by atoms with van der Waals surface area (Å²) in [7, 11) is 0. The largest absolute Gasteiger partial charge is 0.234 e. The van der Waals surface area contributed by atoms with Crippen LogP contribution in [0.4, 0.5) is 0 Å².